The fourth-order valence-electron chi connectivity index (χ4n) is 1.22. The van der Waals surface area contributed by atoms with Crippen molar-refractivity contribution in [3.63, 3.8) is 0 Å². The van der Waals surface area contributed by atoms with Gasteiger partial charge in [0.2, 0.25) is 0 Å². The summed E-state index contributed by atoms with van der Waals surface area (Å²) in [5, 5.41) is 0.680. The highest BCUT2D eigenvalue weighted by Gasteiger charge is 2.06. The lowest BCUT2D eigenvalue weighted by molar-refractivity contribution is 0.431. The Balaban J connectivity index is 2.02. The molecule has 2 heterocycles. The second kappa shape index (κ2) is 4.57. The van der Waals surface area contributed by atoms with Crippen LogP contribution in [0.3, 0.4) is 0 Å². The standard InChI is InChI=1S/C11H13N3OS/c1-7-8(2)15-11(13-7)16-6-9-4-3-5-10(12)14-9/h3-5H,6H2,1-2H3,(H2,12,14). The van der Waals surface area contributed by atoms with E-state index < -0.39 is 0 Å². The van der Waals surface area contributed by atoms with Gasteiger partial charge in [-0.1, -0.05) is 17.8 Å². The Morgan fingerprint density at radius 2 is 2.12 bits per heavy atom. The molecule has 4 nitrogen and oxygen atoms in total. The van der Waals surface area contributed by atoms with E-state index in [1.165, 1.54) is 11.8 Å². The molecule has 16 heavy (non-hydrogen) atoms. The van der Waals surface area contributed by atoms with Crippen LogP contribution in [0.5, 0.6) is 0 Å². The third kappa shape index (κ3) is 2.55. The zero-order valence-corrected chi connectivity index (χ0v) is 10.0. The Morgan fingerprint density at radius 1 is 1.31 bits per heavy atom. The molecule has 2 aromatic rings. The van der Waals surface area contributed by atoms with Gasteiger partial charge in [0.1, 0.15) is 11.6 Å². The van der Waals surface area contributed by atoms with Crippen LogP contribution in [0.25, 0.3) is 0 Å². The van der Waals surface area contributed by atoms with Gasteiger partial charge in [0.25, 0.3) is 5.22 Å². The third-order valence-corrected chi connectivity index (χ3v) is 3.04. The molecule has 2 aromatic heterocycles. The second-order valence-electron chi connectivity index (χ2n) is 3.46. The molecule has 0 aliphatic heterocycles. The number of nitrogen functional groups attached to an aromatic ring is 1. The highest BCUT2D eigenvalue weighted by Crippen LogP contribution is 2.23. The van der Waals surface area contributed by atoms with E-state index in [0.717, 1.165) is 17.1 Å². The van der Waals surface area contributed by atoms with E-state index in [-0.39, 0.29) is 0 Å². The van der Waals surface area contributed by atoms with E-state index in [1.807, 2.05) is 26.0 Å². The average Bonchev–Trinajstić information content (AvgIpc) is 2.56. The Labute approximate surface area is 98.3 Å². The molecule has 0 spiro atoms. The summed E-state index contributed by atoms with van der Waals surface area (Å²) >= 11 is 1.52. The van der Waals surface area contributed by atoms with Crippen LogP contribution in [0.1, 0.15) is 17.1 Å². The topological polar surface area (TPSA) is 64.9 Å². The van der Waals surface area contributed by atoms with Crippen LogP contribution in [0.2, 0.25) is 0 Å². The average molecular weight is 235 g/mol. The Bertz CT molecular complexity index is 476. The van der Waals surface area contributed by atoms with E-state index in [4.69, 9.17) is 10.2 Å². The maximum absolute atomic E-state index is 5.60. The molecule has 0 atom stereocenters. The summed E-state index contributed by atoms with van der Waals surface area (Å²) < 4.78 is 5.46. The predicted octanol–water partition coefficient (Wildman–Crippen LogP) is 2.56. The van der Waals surface area contributed by atoms with Gasteiger partial charge in [-0.15, -0.1) is 0 Å². The van der Waals surface area contributed by atoms with Gasteiger partial charge in [-0.2, -0.15) is 0 Å². The first-order valence-corrected chi connectivity index (χ1v) is 5.92. The van der Waals surface area contributed by atoms with Crippen molar-refractivity contribution < 1.29 is 4.42 Å². The molecule has 0 bridgehead atoms. The number of pyridine rings is 1. The molecular weight excluding hydrogens is 222 g/mol. The summed E-state index contributed by atoms with van der Waals surface area (Å²) in [7, 11) is 0. The van der Waals surface area contributed by atoms with Crippen LogP contribution in [0, 0.1) is 13.8 Å². The van der Waals surface area contributed by atoms with Crippen molar-refractivity contribution in [1.82, 2.24) is 9.97 Å². The van der Waals surface area contributed by atoms with Gasteiger partial charge in [-0.05, 0) is 26.0 Å². The van der Waals surface area contributed by atoms with Crippen LogP contribution in [0.4, 0.5) is 5.82 Å². The zero-order valence-electron chi connectivity index (χ0n) is 9.23. The lowest BCUT2D eigenvalue weighted by Gasteiger charge is -1.98. The molecule has 0 unspecified atom stereocenters. The number of nitrogens with two attached hydrogens (primary N) is 1. The molecule has 2 N–H and O–H groups in total. The molecular formula is C11H13N3OS. The number of hydrogen-bond donors (Lipinski definition) is 1. The fourth-order valence-corrected chi connectivity index (χ4v) is 2.04. The predicted molar refractivity (Wildman–Crippen MR) is 64.2 cm³/mol. The van der Waals surface area contributed by atoms with E-state index >= 15 is 0 Å². The quantitative estimate of drug-likeness (QED) is 0.828. The van der Waals surface area contributed by atoms with Crippen LogP contribution in [0.15, 0.2) is 27.8 Å². The number of nitrogens with zero attached hydrogens (tertiary/aromatic N) is 2. The van der Waals surface area contributed by atoms with E-state index in [1.54, 1.807) is 6.07 Å². The van der Waals surface area contributed by atoms with Crippen molar-refractivity contribution in [3.8, 4) is 0 Å². The van der Waals surface area contributed by atoms with Gasteiger partial charge in [0, 0.05) is 5.75 Å². The van der Waals surface area contributed by atoms with Crippen molar-refractivity contribution in [2.24, 2.45) is 0 Å². The number of rotatable bonds is 3. The minimum absolute atomic E-state index is 0.540. The largest absolute Gasteiger partial charge is 0.437 e. The minimum atomic E-state index is 0.540. The van der Waals surface area contributed by atoms with Crippen molar-refractivity contribution in [2.45, 2.75) is 24.8 Å². The van der Waals surface area contributed by atoms with Crippen molar-refractivity contribution in [1.29, 1.82) is 0 Å². The zero-order chi connectivity index (χ0) is 11.5. The number of thioether (sulfide) groups is 1. The molecule has 2 rings (SSSR count). The van der Waals surface area contributed by atoms with Crippen molar-refractivity contribution in [3.05, 3.63) is 35.3 Å². The summed E-state index contributed by atoms with van der Waals surface area (Å²) in [6, 6.07) is 5.60. The number of aryl methyl sites for hydroxylation is 2. The maximum Gasteiger partial charge on any atom is 0.256 e. The van der Waals surface area contributed by atoms with Gasteiger partial charge >= 0.3 is 0 Å². The summed E-state index contributed by atoms with van der Waals surface area (Å²) in [5.74, 6) is 2.12. The van der Waals surface area contributed by atoms with Crippen LogP contribution < -0.4 is 5.73 Å². The maximum atomic E-state index is 5.60. The molecule has 0 aliphatic rings. The first kappa shape index (κ1) is 11.0. The minimum Gasteiger partial charge on any atom is -0.437 e. The van der Waals surface area contributed by atoms with Crippen LogP contribution in [-0.4, -0.2) is 9.97 Å². The van der Waals surface area contributed by atoms with Gasteiger partial charge in [-0.25, -0.2) is 9.97 Å². The fraction of sp³-hybridized carbons (Fsp3) is 0.273. The lowest BCUT2D eigenvalue weighted by atomic mass is 10.4. The highest BCUT2D eigenvalue weighted by atomic mass is 32.2. The molecule has 0 radical (unpaired) electrons. The summed E-state index contributed by atoms with van der Waals surface area (Å²) in [5.41, 5.74) is 7.46. The molecule has 0 fully saturated rings. The van der Waals surface area contributed by atoms with Crippen LogP contribution in [-0.2, 0) is 5.75 Å². The van der Waals surface area contributed by atoms with Crippen molar-refractivity contribution in [2.75, 3.05) is 5.73 Å². The number of hydrogen-bond acceptors (Lipinski definition) is 5. The highest BCUT2D eigenvalue weighted by molar-refractivity contribution is 7.98. The second-order valence-corrected chi connectivity index (χ2v) is 4.39. The lowest BCUT2D eigenvalue weighted by Crippen LogP contribution is -1.93. The molecule has 0 saturated carbocycles. The molecule has 0 amide bonds. The summed E-state index contributed by atoms with van der Waals surface area (Å²) in [6.45, 7) is 3.84. The Hall–Kier alpha value is -1.49. The third-order valence-electron chi connectivity index (χ3n) is 2.18. The molecule has 0 saturated heterocycles. The number of anilines is 1. The molecule has 5 heteroatoms. The number of aromatic nitrogens is 2. The van der Waals surface area contributed by atoms with Gasteiger partial charge in [0.05, 0.1) is 11.4 Å². The van der Waals surface area contributed by atoms with Crippen LogP contribution >= 0.6 is 11.8 Å². The SMILES string of the molecule is Cc1nc(SCc2cccc(N)n2)oc1C. The summed E-state index contributed by atoms with van der Waals surface area (Å²) in [6.07, 6.45) is 0. The first-order chi connectivity index (χ1) is 7.65. The monoisotopic (exact) mass is 235 g/mol. The molecule has 0 aliphatic carbocycles. The normalized spacial score (nSPS) is 10.6. The Kier molecular flexibility index (Phi) is 3.14. The molecule has 84 valence electrons. The van der Waals surface area contributed by atoms with Gasteiger partial charge in [-0.3, -0.25) is 0 Å². The Morgan fingerprint density at radius 3 is 2.75 bits per heavy atom. The summed E-state index contributed by atoms with van der Waals surface area (Å²) in [4.78, 5) is 8.49. The molecule has 0 aromatic carbocycles. The first-order valence-electron chi connectivity index (χ1n) is 4.93. The van der Waals surface area contributed by atoms with E-state index in [0.29, 0.717) is 16.8 Å². The number of oxazole rings is 1. The van der Waals surface area contributed by atoms with Crippen molar-refractivity contribution >= 4 is 17.6 Å². The van der Waals surface area contributed by atoms with E-state index in [9.17, 15) is 0 Å². The van der Waals surface area contributed by atoms with E-state index in [2.05, 4.69) is 9.97 Å². The van der Waals surface area contributed by atoms with Gasteiger partial charge in [0.15, 0.2) is 0 Å². The smallest absolute Gasteiger partial charge is 0.256 e. The van der Waals surface area contributed by atoms with Gasteiger partial charge < -0.3 is 10.2 Å².